The molecule has 1 aromatic carbocycles. The van der Waals surface area contributed by atoms with E-state index < -0.39 is 0 Å². The van der Waals surface area contributed by atoms with Gasteiger partial charge in [0.2, 0.25) is 0 Å². The van der Waals surface area contributed by atoms with E-state index in [2.05, 4.69) is 47.1 Å². The van der Waals surface area contributed by atoms with Gasteiger partial charge in [0, 0.05) is 21.3 Å². The van der Waals surface area contributed by atoms with Crippen molar-refractivity contribution in [2.24, 2.45) is 0 Å². The molecule has 0 spiro atoms. The molecule has 3 N–H and O–H groups in total. The second-order valence-corrected chi connectivity index (χ2v) is 5.60. The van der Waals surface area contributed by atoms with E-state index in [1.807, 2.05) is 28.8 Å². The maximum Gasteiger partial charge on any atom is 0.180 e. The zero-order chi connectivity index (χ0) is 13.4. The van der Waals surface area contributed by atoms with Gasteiger partial charge in [-0.3, -0.25) is 0 Å². The van der Waals surface area contributed by atoms with Crippen LogP contribution in [0.2, 0.25) is 0 Å². The lowest BCUT2D eigenvalue weighted by Gasteiger charge is -2.11. The molecule has 0 atom stereocenters. The normalized spacial score (nSPS) is 10.8. The first-order chi connectivity index (χ1) is 9.15. The molecule has 96 valence electrons. The summed E-state index contributed by atoms with van der Waals surface area (Å²) < 4.78 is 3.68. The molecule has 0 aliphatic heterocycles. The van der Waals surface area contributed by atoms with Gasteiger partial charge in [-0.2, -0.15) is 0 Å². The van der Waals surface area contributed by atoms with Crippen molar-refractivity contribution >= 4 is 54.8 Å². The molecule has 0 fully saturated rings. The first-order valence-electron chi connectivity index (χ1n) is 5.45. The number of nitrogens with zero attached hydrogens (tertiary/aromatic N) is 3. The Morgan fingerprint density at radius 1 is 1.21 bits per heavy atom. The number of fused-ring (bicyclic) bond motifs is 1. The smallest absolute Gasteiger partial charge is 0.180 e. The minimum atomic E-state index is 0.427. The molecule has 0 aliphatic rings. The van der Waals surface area contributed by atoms with E-state index in [1.165, 1.54) is 0 Å². The van der Waals surface area contributed by atoms with Crippen molar-refractivity contribution in [3.63, 3.8) is 0 Å². The zero-order valence-electron chi connectivity index (χ0n) is 9.64. The third-order valence-electron chi connectivity index (χ3n) is 2.60. The first-order valence-corrected chi connectivity index (χ1v) is 7.04. The van der Waals surface area contributed by atoms with Crippen LogP contribution in [-0.2, 0) is 0 Å². The minimum absolute atomic E-state index is 0.427. The predicted octanol–water partition coefficient (Wildman–Crippen LogP) is 3.58. The summed E-state index contributed by atoms with van der Waals surface area (Å²) in [6.07, 6.45) is 5.26. The number of para-hydroxylation sites is 1. The summed E-state index contributed by atoms with van der Waals surface area (Å²) in [6.45, 7) is 0. The van der Waals surface area contributed by atoms with E-state index >= 15 is 0 Å². The molecule has 3 aromatic rings. The Labute approximate surface area is 126 Å². The highest BCUT2D eigenvalue weighted by molar-refractivity contribution is 9.11. The number of nitrogens with one attached hydrogen (secondary N) is 1. The largest absolute Gasteiger partial charge is 0.382 e. The molecule has 0 radical (unpaired) electrons. The van der Waals surface area contributed by atoms with Gasteiger partial charge in [-0.15, -0.1) is 0 Å². The van der Waals surface area contributed by atoms with Gasteiger partial charge in [-0.25, -0.2) is 9.97 Å². The van der Waals surface area contributed by atoms with Crippen molar-refractivity contribution < 1.29 is 0 Å². The maximum absolute atomic E-state index is 5.79. The molecule has 3 rings (SSSR count). The molecule has 0 saturated heterocycles. The van der Waals surface area contributed by atoms with Gasteiger partial charge in [0.05, 0.1) is 11.9 Å². The highest BCUT2D eigenvalue weighted by Crippen LogP contribution is 2.33. The number of rotatable bonds is 2. The standard InChI is InChI=1S/C12H9Br2N5/c13-7-2-1-3-8(14)10(7)18-11-12-16-4-5-19(12)6-9(15)17-11/h1-6H,15H2,(H,17,18). The van der Waals surface area contributed by atoms with Gasteiger partial charge in [0.1, 0.15) is 5.82 Å². The van der Waals surface area contributed by atoms with Crippen LogP contribution in [0.3, 0.4) is 0 Å². The lowest BCUT2D eigenvalue weighted by atomic mass is 10.3. The summed E-state index contributed by atoms with van der Waals surface area (Å²) in [6, 6.07) is 5.83. The maximum atomic E-state index is 5.79. The van der Waals surface area contributed by atoms with Crippen LogP contribution in [0.5, 0.6) is 0 Å². The van der Waals surface area contributed by atoms with Crippen molar-refractivity contribution in [3.8, 4) is 0 Å². The van der Waals surface area contributed by atoms with E-state index in [0.717, 1.165) is 20.3 Å². The summed E-state index contributed by atoms with van der Waals surface area (Å²) in [7, 11) is 0. The quantitative estimate of drug-likeness (QED) is 0.710. The number of nitrogen functional groups attached to an aromatic ring is 1. The number of hydrogen-bond donors (Lipinski definition) is 2. The van der Waals surface area contributed by atoms with Gasteiger partial charge >= 0.3 is 0 Å². The molecule has 19 heavy (non-hydrogen) atoms. The summed E-state index contributed by atoms with van der Waals surface area (Å²) in [5, 5.41) is 3.24. The lowest BCUT2D eigenvalue weighted by molar-refractivity contribution is 1.13. The Hall–Kier alpha value is -1.60. The lowest BCUT2D eigenvalue weighted by Crippen LogP contribution is -2.02. The van der Waals surface area contributed by atoms with Crippen molar-refractivity contribution in [2.75, 3.05) is 11.1 Å². The molecule has 7 heteroatoms. The van der Waals surface area contributed by atoms with Crippen molar-refractivity contribution in [1.82, 2.24) is 14.4 Å². The number of imidazole rings is 1. The summed E-state index contributed by atoms with van der Waals surface area (Å²) in [4.78, 5) is 8.56. The number of aromatic nitrogens is 3. The monoisotopic (exact) mass is 381 g/mol. The highest BCUT2D eigenvalue weighted by atomic mass is 79.9. The van der Waals surface area contributed by atoms with Crippen molar-refractivity contribution in [2.45, 2.75) is 0 Å². The molecular weight excluding hydrogens is 374 g/mol. The van der Waals surface area contributed by atoms with Crippen LogP contribution in [0, 0.1) is 0 Å². The fourth-order valence-corrected chi connectivity index (χ4v) is 2.97. The minimum Gasteiger partial charge on any atom is -0.382 e. The number of halogens is 2. The fourth-order valence-electron chi connectivity index (χ4n) is 1.77. The Morgan fingerprint density at radius 2 is 1.95 bits per heavy atom. The van der Waals surface area contributed by atoms with Crippen LogP contribution < -0.4 is 11.1 Å². The van der Waals surface area contributed by atoms with Crippen molar-refractivity contribution in [1.29, 1.82) is 0 Å². The van der Waals surface area contributed by atoms with Crippen LogP contribution in [0.15, 0.2) is 45.7 Å². The number of anilines is 3. The second-order valence-electron chi connectivity index (χ2n) is 3.89. The third kappa shape index (κ3) is 2.31. The number of hydrogen-bond acceptors (Lipinski definition) is 4. The van der Waals surface area contributed by atoms with E-state index in [-0.39, 0.29) is 0 Å². The first kappa shape index (κ1) is 12.4. The molecule has 2 aromatic heterocycles. The van der Waals surface area contributed by atoms with Gasteiger partial charge in [-0.1, -0.05) is 6.07 Å². The van der Waals surface area contributed by atoms with E-state index in [0.29, 0.717) is 11.6 Å². The van der Waals surface area contributed by atoms with Gasteiger partial charge in [0.25, 0.3) is 0 Å². The number of benzene rings is 1. The van der Waals surface area contributed by atoms with Crippen LogP contribution in [-0.4, -0.2) is 14.4 Å². The Bertz CT molecular complexity index is 733. The second kappa shape index (κ2) is 4.82. The fraction of sp³-hybridized carbons (Fsp3) is 0. The van der Waals surface area contributed by atoms with Crippen LogP contribution >= 0.6 is 31.9 Å². The molecule has 0 unspecified atom stereocenters. The van der Waals surface area contributed by atoms with Crippen molar-refractivity contribution in [3.05, 3.63) is 45.7 Å². The van der Waals surface area contributed by atoms with E-state index in [9.17, 15) is 0 Å². The molecular formula is C12H9Br2N5. The van der Waals surface area contributed by atoms with Crippen LogP contribution in [0.25, 0.3) is 5.65 Å². The molecule has 2 heterocycles. The topological polar surface area (TPSA) is 68.2 Å². The average Bonchev–Trinajstić information content (AvgIpc) is 2.81. The Morgan fingerprint density at radius 3 is 2.68 bits per heavy atom. The van der Waals surface area contributed by atoms with Gasteiger partial charge in [-0.05, 0) is 44.0 Å². The Balaban J connectivity index is 2.13. The van der Waals surface area contributed by atoms with E-state index in [4.69, 9.17) is 5.73 Å². The number of nitrogens with two attached hydrogens (primary N) is 1. The molecule has 0 saturated carbocycles. The average molecular weight is 383 g/mol. The summed E-state index contributed by atoms with van der Waals surface area (Å²) >= 11 is 7.00. The van der Waals surface area contributed by atoms with E-state index in [1.54, 1.807) is 12.4 Å². The third-order valence-corrected chi connectivity index (χ3v) is 3.92. The van der Waals surface area contributed by atoms with Crippen LogP contribution in [0.1, 0.15) is 0 Å². The van der Waals surface area contributed by atoms with Gasteiger partial charge < -0.3 is 15.5 Å². The molecule has 5 nitrogen and oxygen atoms in total. The molecule has 0 bridgehead atoms. The summed E-state index contributed by atoms with van der Waals surface area (Å²) in [5.74, 6) is 1.04. The molecule has 0 aliphatic carbocycles. The molecule has 0 amide bonds. The summed E-state index contributed by atoms with van der Waals surface area (Å²) in [5.41, 5.74) is 7.39. The highest BCUT2D eigenvalue weighted by Gasteiger charge is 2.10. The Kier molecular flexibility index (Phi) is 3.16. The van der Waals surface area contributed by atoms with Crippen LogP contribution in [0.4, 0.5) is 17.3 Å². The zero-order valence-corrected chi connectivity index (χ0v) is 12.8. The predicted molar refractivity (Wildman–Crippen MR) is 82.5 cm³/mol. The SMILES string of the molecule is Nc1cn2ccnc2c(Nc2c(Br)cccc2Br)n1. The van der Waals surface area contributed by atoms with Gasteiger partial charge in [0.15, 0.2) is 11.5 Å².